The third-order valence-corrected chi connectivity index (χ3v) is 3.24. The predicted molar refractivity (Wildman–Crippen MR) is 74.4 cm³/mol. The summed E-state index contributed by atoms with van der Waals surface area (Å²) in [6.45, 7) is 1.91. The second kappa shape index (κ2) is 5.40. The van der Waals surface area contributed by atoms with Crippen molar-refractivity contribution in [2.75, 3.05) is 11.1 Å². The first-order valence-electron chi connectivity index (χ1n) is 5.62. The van der Waals surface area contributed by atoms with Crippen molar-refractivity contribution in [2.24, 2.45) is 0 Å². The molecule has 0 aliphatic rings. The molecule has 1 heterocycles. The van der Waals surface area contributed by atoms with Gasteiger partial charge in [0.2, 0.25) is 0 Å². The fraction of sp³-hybridized carbons (Fsp3) is 0.167. The van der Waals surface area contributed by atoms with E-state index >= 15 is 0 Å². The molecule has 0 fully saturated rings. The van der Waals surface area contributed by atoms with Gasteiger partial charge in [-0.05, 0) is 40.5 Å². The van der Waals surface area contributed by atoms with Crippen LogP contribution in [0.4, 0.5) is 15.8 Å². The van der Waals surface area contributed by atoms with Crippen molar-refractivity contribution >= 4 is 33.2 Å². The number of nitrogen functional groups attached to an aromatic ring is 1. The molecule has 0 saturated heterocycles. The lowest BCUT2D eigenvalue weighted by atomic mass is 10.2. The number of carbonyl (C=O) groups is 1. The Hall–Kier alpha value is -1.89. The maximum Gasteiger partial charge on any atom is 0.278 e. The first kappa shape index (κ1) is 13.5. The smallest absolute Gasteiger partial charge is 0.278 e. The molecule has 1 amide bonds. The third kappa shape index (κ3) is 2.76. The molecule has 0 unspecified atom stereocenters. The molecule has 0 saturated carbocycles. The summed E-state index contributed by atoms with van der Waals surface area (Å²) in [5, 5.41) is 9.19. The summed E-state index contributed by atoms with van der Waals surface area (Å²) < 4.78 is 13.3. The van der Waals surface area contributed by atoms with Crippen LogP contribution >= 0.6 is 15.9 Å². The fourth-order valence-corrected chi connectivity index (χ4v) is 1.97. The van der Waals surface area contributed by atoms with Gasteiger partial charge in [0.1, 0.15) is 5.82 Å². The van der Waals surface area contributed by atoms with Crippen molar-refractivity contribution in [1.82, 2.24) is 10.2 Å². The number of nitrogens with zero attached hydrogens (tertiary/aromatic N) is 1. The van der Waals surface area contributed by atoms with Gasteiger partial charge in [-0.15, -0.1) is 0 Å². The highest BCUT2D eigenvalue weighted by Gasteiger charge is 2.16. The monoisotopic (exact) mass is 326 g/mol. The summed E-state index contributed by atoms with van der Waals surface area (Å²) >= 11 is 3.05. The average Bonchev–Trinajstić information content (AvgIpc) is 2.75. The summed E-state index contributed by atoms with van der Waals surface area (Å²) in [7, 11) is 0. The Kier molecular flexibility index (Phi) is 3.84. The first-order valence-corrected chi connectivity index (χ1v) is 6.41. The number of amides is 1. The van der Waals surface area contributed by atoms with Gasteiger partial charge in [-0.1, -0.05) is 6.92 Å². The van der Waals surface area contributed by atoms with Gasteiger partial charge in [0, 0.05) is 5.69 Å². The molecule has 0 radical (unpaired) electrons. The van der Waals surface area contributed by atoms with Crippen LogP contribution in [0.3, 0.4) is 0 Å². The Morgan fingerprint density at radius 2 is 2.32 bits per heavy atom. The summed E-state index contributed by atoms with van der Waals surface area (Å²) in [5.74, 6) is -0.836. The fourth-order valence-electron chi connectivity index (χ4n) is 1.59. The number of H-pyrrole nitrogens is 1. The molecule has 100 valence electrons. The number of benzene rings is 1. The number of anilines is 2. The molecule has 1 aromatic carbocycles. The molecule has 1 aromatic heterocycles. The minimum atomic E-state index is -0.438. The Labute approximate surface area is 117 Å². The van der Waals surface area contributed by atoms with Gasteiger partial charge in [-0.25, -0.2) is 4.39 Å². The Bertz CT molecular complexity index is 626. The normalized spacial score (nSPS) is 10.5. The van der Waals surface area contributed by atoms with Crippen LogP contribution in [0.2, 0.25) is 0 Å². The summed E-state index contributed by atoms with van der Waals surface area (Å²) in [6.07, 6.45) is 0.661. The maximum atomic E-state index is 13.1. The van der Waals surface area contributed by atoms with E-state index in [4.69, 9.17) is 5.73 Å². The number of hydrogen-bond donors (Lipinski definition) is 3. The quantitative estimate of drug-likeness (QED) is 0.810. The van der Waals surface area contributed by atoms with E-state index in [2.05, 4.69) is 31.4 Å². The Balaban J connectivity index is 2.20. The molecule has 5 nitrogen and oxygen atoms in total. The summed E-state index contributed by atoms with van der Waals surface area (Å²) in [4.78, 5) is 12.0. The number of nitrogens with two attached hydrogens (primary N) is 1. The van der Waals surface area contributed by atoms with Gasteiger partial charge in [0.25, 0.3) is 5.91 Å². The lowest BCUT2D eigenvalue weighted by molar-refractivity contribution is 0.102. The molecule has 2 aromatic rings. The van der Waals surface area contributed by atoms with Crippen molar-refractivity contribution in [2.45, 2.75) is 13.3 Å². The molecule has 7 heteroatoms. The van der Waals surface area contributed by atoms with Crippen molar-refractivity contribution in [3.63, 3.8) is 0 Å². The second-order valence-electron chi connectivity index (χ2n) is 3.90. The van der Waals surface area contributed by atoms with E-state index < -0.39 is 11.7 Å². The van der Waals surface area contributed by atoms with Crippen LogP contribution in [0, 0.1) is 5.82 Å². The number of hydrogen-bond acceptors (Lipinski definition) is 3. The van der Waals surface area contributed by atoms with E-state index in [9.17, 15) is 9.18 Å². The van der Waals surface area contributed by atoms with Gasteiger partial charge in [0.15, 0.2) is 5.69 Å². The molecule has 0 bridgehead atoms. The number of rotatable bonds is 3. The van der Waals surface area contributed by atoms with Crippen LogP contribution in [-0.4, -0.2) is 16.1 Å². The summed E-state index contributed by atoms with van der Waals surface area (Å²) in [6, 6.07) is 4.18. The van der Waals surface area contributed by atoms with Crippen molar-refractivity contribution in [3.05, 3.63) is 39.9 Å². The van der Waals surface area contributed by atoms with Gasteiger partial charge in [-0.3, -0.25) is 9.89 Å². The van der Waals surface area contributed by atoms with Crippen LogP contribution in [0.5, 0.6) is 0 Å². The van der Waals surface area contributed by atoms with Crippen LogP contribution in [0.25, 0.3) is 0 Å². The molecule has 0 aliphatic heterocycles. The SMILES string of the molecule is CCc1[nH]nc(C(=O)Nc2ccc(F)c(Br)c2)c1N. The average molecular weight is 327 g/mol. The Morgan fingerprint density at radius 3 is 2.89 bits per heavy atom. The van der Waals surface area contributed by atoms with E-state index in [1.54, 1.807) is 0 Å². The highest BCUT2D eigenvalue weighted by Crippen LogP contribution is 2.21. The highest BCUT2D eigenvalue weighted by atomic mass is 79.9. The standard InChI is InChI=1S/C12H12BrFN4O/c1-2-9-10(15)11(18-17-9)12(19)16-6-3-4-8(14)7(13)5-6/h3-5H,2,15H2,1H3,(H,16,19)(H,17,18). The zero-order valence-electron chi connectivity index (χ0n) is 10.1. The molecule has 19 heavy (non-hydrogen) atoms. The molecule has 0 aliphatic carbocycles. The number of carbonyl (C=O) groups excluding carboxylic acids is 1. The van der Waals surface area contributed by atoms with Gasteiger partial charge >= 0.3 is 0 Å². The molecule has 2 rings (SSSR count). The van der Waals surface area contributed by atoms with Crippen molar-refractivity contribution in [3.8, 4) is 0 Å². The third-order valence-electron chi connectivity index (χ3n) is 2.63. The lowest BCUT2D eigenvalue weighted by Gasteiger charge is -2.05. The van der Waals surface area contributed by atoms with Crippen molar-refractivity contribution in [1.29, 1.82) is 0 Å². The van der Waals surface area contributed by atoms with Crippen LogP contribution in [0.1, 0.15) is 23.1 Å². The van der Waals surface area contributed by atoms with Gasteiger partial charge in [0.05, 0.1) is 15.9 Å². The molecular formula is C12H12BrFN4O. The topological polar surface area (TPSA) is 83.8 Å². The van der Waals surface area contributed by atoms with E-state index in [0.717, 1.165) is 0 Å². The zero-order chi connectivity index (χ0) is 14.0. The second-order valence-corrected chi connectivity index (χ2v) is 4.76. The van der Waals surface area contributed by atoms with Crippen LogP contribution in [0.15, 0.2) is 22.7 Å². The first-order chi connectivity index (χ1) is 9.02. The number of aryl methyl sites for hydroxylation is 1. The van der Waals surface area contributed by atoms with Gasteiger partial charge in [-0.2, -0.15) is 5.10 Å². The number of nitrogens with one attached hydrogen (secondary N) is 2. The Morgan fingerprint density at radius 1 is 1.58 bits per heavy atom. The maximum absolute atomic E-state index is 13.1. The number of aromatic nitrogens is 2. The van der Waals surface area contributed by atoms with E-state index in [0.29, 0.717) is 23.5 Å². The van der Waals surface area contributed by atoms with Crippen molar-refractivity contribution < 1.29 is 9.18 Å². The molecule has 0 atom stereocenters. The van der Waals surface area contributed by atoms with Crippen LogP contribution < -0.4 is 11.1 Å². The summed E-state index contributed by atoms with van der Waals surface area (Å²) in [5.41, 5.74) is 7.44. The minimum Gasteiger partial charge on any atom is -0.395 e. The minimum absolute atomic E-state index is 0.136. The number of aromatic amines is 1. The van der Waals surface area contributed by atoms with E-state index in [1.165, 1.54) is 18.2 Å². The predicted octanol–water partition coefficient (Wildman–Crippen LogP) is 2.71. The lowest BCUT2D eigenvalue weighted by Crippen LogP contribution is -2.14. The largest absolute Gasteiger partial charge is 0.395 e. The van der Waals surface area contributed by atoms with Gasteiger partial charge < -0.3 is 11.1 Å². The highest BCUT2D eigenvalue weighted by molar-refractivity contribution is 9.10. The molecular weight excluding hydrogens is 315 g/mol. The number of halogens is 2. The zero-order valence-corrected chi connectivity index (χ0v) is 11.7. The molecule has 0 spiro atoms. The van der Waals surface area contributed by atoms with E-state index in [1.807, 2.05) is 6.92 Å². The van der Waals surface area contributed by atoms with E-state index in [-0.39, 0.29) is 10.2 Å². The van der Waals surface area contributed by atoms with Crippen LogP contribution in [-0.2, 0) is 6.42 Å². The molecule has 4 N–H and O–H groups in total.